The first-order valence-electron chi connectivity index (χ1n) is 5.39. The SMILES string of the molecule is CCC(O)c1cn(-c2c(F)c(F)cc(F)c2F)nn1. The normalized spacial score (nSPS) is 12.7. The maximum absolute atomic E-state index is 13.5. The lowest BCUT2D eigenvalue weighted by atomic mass is 10.2. The zero-order chi connectivity index (χ0) is 14.2. The van der Waals surface area contributed by atoms with Gasteiger partial charge >= 0.3 is 0 Å². The van der Waals surface area contributed by atoms with Gasteiger partial charge in [-0.25, -0.2) is 22.2 Å². The topological polar surface area (TPSA) is 50.9 Å². The largest absolute Gasteiger partial charge is 0.387 e. The van der Waals surface area contributed by atoms with Crippen molar-refractivity contribution in [2.24, 2.45) is 0 Å². The summed E-state index contributed by atoms with van der Waals surface area (Å²) in [5.74, 6) is -6.24. The molecule has 0 amide bonds. The highest BCUT2D eigenvalue weighted by Crippen LogP contribution is 2.23. The van der Waals surface area contributed by atoms with E-state index < -0.39 is 35.1 Å². The highest BCUT2D eigenvalue weighted by atomic mass is 19.2. The fraction of sp³-hybridized carbons (Fsp3) is 0.273. The van der Waals surface area contributed by atoms with Crippen LogP contribution in [-0.4, -0.2) is 20.1 Å². The van der Waals surface area contributed by atoms with Crippen molar-refractivity contribution < 1.29 is 22.7 Å². The van der Waals surface area contributed by atoms with Gasteiger partial charge in [0.2, 0.25) is 0 Å². The zero-order valence-electron chi connectivity index (χ0n) is 9.74. The summed E-state index contributed by atoms with van der Waals surface area (Å²) in [5.41, 5.74) is -0.967. The Morgan fingerprint density at radius 3 is 2.32 bits per heavy atom. The van der Waals surface area contributed by atoms with Crippen LogP contribution in [0.4, 0.5) is 17.6 Å². The first kappa shape index (κ1) is 13.5. The summed E-state index contributed by atoms with van der Waals surface area (Å²) in [7, 11) is 0. The molecule has 1 aromatic heterocycles. The summed E-state index contributed by atoms with van der Waals surface area (Å²) in [6.45, 7) is 1.66. The molecule has 1 N–H and O–H groups in total. The molecule has 0 radical (unpaired) electrons. The summed E-state index contributed by atoms with van der Waals surface area (Å²) >= 11 is 0. The molecule has 0 aliphatic heterocycles. The van der Waals surface area contributed by atoms with E-state index in [-0.39, 0.29) is 11.8 Å². The fourth-order valence-electron chi connectivity index (χ4n) is 1.51. The molecule has 19 heavy (non-hydrogen) atoms. The van der Waals surface area contributed by atoms with E-state index in [1.807, 2.05) is 0 Å². The number of aliphatic hydroxyl groups is 1. The monoisotopic (exact) mass is 275 g/mol. The van der Waals surface area contributed by atoms with E-state index in [0.29, 0.717) is 11.1 Å². The average Bonchev–Trinajstić information content (AvgIpc) is 2.85. The molecular weight excluding hydrogens is 266 g/mol. The van der Waals surface area contributed by atoms with Crippen LogP contribution >= 0.6 is 0 Å². The van der Waals surface area contributed by atoms with Crippen molar-refractivity contribution in [3.63, 3.8) is 0 Å². The van der Waals surface area contributed by atoms with Gasteiger partial charge in [0, 0.05) is 6.07 Å². The Kier molecular flexibility index (Phi) is 3.52. The van der Waals surface area contributed by atoms with Crippen LogP contribution in [0, 0.1) is 23.3 Å². The van der Waals surface area contributed by atoms with Gasteiger partial charge < -0.3 is 5.11 Å². The van der Waals surface area contributed by atoms with E-state index in [4.69, 9.17) is 0 Å². The third kappa shape index (κ3) is 2.30. The molecule has 8 heteroatoms. The Hall–Kier alpha value is -1.96. The quantitative estimate of drug-likeness (QED) is 0.690. The first-order valence-corrected chi connectivity index (χ1v) is 5.39. The van der Waals surface area contributed by atoms with Crippen LogP contribution in [-0.2, 0) is 0 Å². The van der Waals surface area contributed by atoms with Gasteiger partial charge in [-0.15, -0.1) is 5.10 Å². The number of halogens is 4. The third-order valence-electron chi connectivity index (χ3n) is 2.56. The number of nitrogens with zero attached hydrogens (tertiary/aromatic N) is 3. The third-order valence-corrected chi connectivity index (χ3v) is 2.56. The molecule has 102 valence electrons. The van der Waals surface area contributed by atoms with Crippen molar-refractivity contribution >= 4 is 0 Å². The molecule has 0 aliphatic rings. The number of aromatic nitrogens is 3. The lowest BCUT2D eigenvalue weighted by Gasteiger charge is -2.06. The molecule has 1 aromatic carbocycles. The minimum atomic E-state index is -1.58. The minimum Gasteiger partial charge on any atom is -0.387 e. The van der Waals surface area contributed by atoms with Crippen LogP contribution in [0.15, 0.2) is 12.3 Å². The van der Waals surface area contributed by atoms with Gasteiger partial charge in [-0.05, 0) is 6.42 Å². The van der Waals surface area contributed by atoms with E-state index in [9.17, 15) is 22.7 Å². The molecule has 0 fully saturated rings. The summed E-state index contributed by atoms with van der Waals surface area (Å²) < 4.78 is 53.6. The first-order chi connectivity index (χ1) is 8.95. The molecule has 4 nitrogen and oxygen atoms in total. The van der Waals surface area contributed by atoms with Crippen LogP contribution < -0.4 is 0 Å². The number of rotatable bonds is 3. The lowest BCUT2D eigenvalue weighted by molar-refractivity contribution is 0.169. The summed E-state index contributed by atoms with van der Waals surface area (Å²) in [4.78, 5) is 0. The second-order valence-electron chi connectivity index (χ2n) is 3.83. The fourth-order valence-corrected chi connectivity index (χ4v) is 1.51. The van der Waals surface area contributed by atoms with Crippen LogP contribution in [0.25, 0.3) is 5.69 Å². The number of benzene rings is 1. The molecule has 0 saturated heterocycles. The van der Waals surface area contributed by atoms with Crippen molar-refractivity contribution in [2.45, 2.75) is 19.4 Å². The van der Waals surface area contributed by atoms with Crippen molar-refractivity contribution in [2.75, 3.05) is 0 Å². The van der Waals surface area contributed by atoms with Gasteiger partial charge in [0.1, 0.15) is 11.4 Å². The second-order valence-corrected chi connectivity index (χ2v) is 3.83. The molecular formula is C11H9F4N3O. The van der Waals surface area contributed by atoms with Crippen LogP contribution in [0.2, 0.25) is 0 Å². The highest BCUT2D eigenvalue weighted by molar-refractivity contribution is 5.36. The molecule has 2 aromatic rings. The van der Waals surface area contributed by atoms with Gasteiger partial charge in [0.05, 0.1) is 12.3 Å². The van der Waals surface area contributed by atoms with Gasteiger partial charge in [-0.1, -0.05) is 12.1 Å². The van der Waals surface area contributed by atoms with E-state index in [0.717, 1.165) is 6.20 Å². The molecule has 0 saturated carbocycles. The Labute approximate surface area is 105 Å². The van der Waals surface area contributed by atoms with Crippen molar-refractivity contribution in [1.29, 1.82) is 0 Å². The maximum Gasteiger partial charge on any atom is 0.187 e. The zero-order valence-corrected chi connectivity index (χ0v) is 9.74. The van der Waals surface area contributed by atoms with Crippen molar-refractivity contribution in [1.82, 2.24) is 15.0 Å². The van der Waals surface area contributed by atoms with E-state index in [1.54, 1.807) is 6.92 Å². The molecule has 1 unspecified atom stereocenters. The second kappa shape index (κ2) is 4.96. The Bertz CT molecular complexity index is 588. The van der Waals surface area contributed by atoms with Crippen molar-refractivity contribution in [3.8, 4) is 5.69 Å². The number of hydrogen-bond acceptors (Lipinski definition) is 3. The van der Waals surface area contributed by atoms with Gasteiger partial charge in [-0.3, -0.25) is 0 Å². The van der Waals surface area contributed by atoms with Gasteiger partial charge in [0.25, 0.3) is 0 Å². The summed E-state index contributed by atoms with van der Waals surface area (Å²) in [6, 6.07) is 0.104. The van der Waals surface area contributed by atoms with Crippen molar-refractivity contribution in [3.05, 3.63) is 41.2 Å². The Balaban J connectivity index is 2.56. The standard InChI is InChI=1S/C11H9F4N3O/c1-2-8(19)7-4-18(17-16-7)11-9(14)5(12)3-6(13)10(11)15/h3-4,8,19H,2H2,1H3. The smallest absolute Gasteiger partial charge is 0.187 e. The summed E-state index contributed by atoms with van der Waals surface area (Å²) in [6.07, 6.45) is 0.341. The predicted octanol–water partition coefficient (Wildman–Crippen LogP) is 2.27. The van der Waals surface area contributed by atoms with E-state index in [1.165, 1.54) is 0 Å². The molecule has 0 bridgehead atoms. The Morgan fingerprint density at radius 1 is 1.21 bits per heavy atom. The molecule has 0 spiro atoms. The number of hydrogen-bond donors (Lipinski definition) is 1. The van der Waals surface area contributed by atoms with E-state index in [2.05, 4.69) is 10.3 Å². The molecule has 1 heterocycles. The molecule has 2 rings (SSSR count). The van der Waals surface area contributed by atoms with Crippen LogP contribution in [0.5, 0.6) is 0 Å². The molecule has 1 atom stereocenters. The van der Waals surface area contributed by atoms with Gasteiger partial charge in [0.15, 0.2) is 23.3 Å². The minimum absolute atomic E-state index is 0.0472. The lowest BCUT2D eigenvalue weighted by Crippen LogP contribution is -2.07. The predicted molar refractivity (Wildman–Crippen MR) is 56.4 cm³/mol. The van der Waals surface area contributed by atoms with Crippen LogP contribution in [0.3, 0.4) is 0 Å². The number of aliphatic hydroxyl groups excluding tert-OH is 1. The molecule has 0 aliphatic carbocycles. The average molecular weight is 275 g/mol. The maximum atomic E-state index is 13.5. The van der Waals surface area contributed by atoms with Gasteiger partial charge in [-0.2, -0.15) is 0 Å². The Morgan fingerprint density at radius 2 is 1.79 bits per heavy atom. The highest BCUT2D eigenvalue weighted by Gasteiger charge is 2.22. The van der Waals surface area contributed by atoms with Crippen LogP contribution in [0.1, 0.15) is 25.1 Å². The van der Waals surface area contributed by atoms with E-state index >= 15 is 0 Å². The summed E-state index contributed by atoms with van der Waals surface area (Å²) in [5, 5.41) is 16.3.